The van der Waals surface area contributed by atoms with Crippen molar-refractivity contribution >= 4 is 34.5 Å². The second-order valence-corrected chi connectivity index (χ2v) is 3.88. The van der Waals surface area contributed by atoms with E-state index in [-0.39, 0.29) is 6.03 Å². The lowest BCUT2D eigenvalue weighted by molar-refractivity contribution is 0.252. The molecule has 0 aliphatic carbocycles. The van der Waals surface area contributed by atoms with Gasteiger partial charge in [-0.2, -0.15) is 8.75 Å². The minimum absolute atomic E-state index is 0.190. The van der Waals surface area contributed by atoms with Crippen LogP contribution in [0.2, 0.25) is 0 Å². The van der Waals surface area contributed by atoms with Crippen LogP contribution in [0.4, 0.5) is 10.5 Å². The molecule has 0 bridgehead atoms. The Morgan fingerprint density at radius 3 is 3.00 bits per heavy atom. The zero-order valence-corrected chi connectivity index (χ0v) is 9.67. The zero-order valence-electron chi connectivity index (χ0n) is 8.86. The van der Waals surface area contributed by atoms with Crippen molar-refractivity contribution in [2.45, 2.75) is 13.3 Å². The summed E-state index contributed by atoms with van der Waals surface area (Å²) in [7, 11) is 0. The molecule has 0 unspecified atom stereocenters. The molecule has 1 aromatic heterocycles. The van der Waals surface area contributed by atoms with Crippen molar-refractivity contribution in [2.75, 3.05) is 11.9 Å². The molecule has 0 spiro atoms. The van der Waals surface area contributed by atoms with Gasteiger partial charge in [0.05, 0.1) is 11.7 Å². The minimum atomic E-state index is -0.190. The van der Waals surface area contributed by atoms with Crippen molar-refractivity contribution in [3.63, 3.8) is 0 Å². The Balaban J connectivity index is 2.06. The highest BCUT2D eigenvalue weighted by Crippen LogP contribution is 2.16. The molecule has 0 aliphatic heterocycles. The van der Waals surface area contributed by atoms with E-state index in [2.05, 4.69) is 19.4 Å². The number of nitrogens with zero attached hydrogens (tertiary/aromatic N) is 2. The Morgan fingerprint density at radius 1 is 1.38 bits per heavy atom. The number of hydrogen-bond donors (Lipinski definition) is 2. The summed E-state index contributed by atoms with van der Waals surface area (Å²) >= 11 is 1.17. The van der Waals surface area contributed by atoms with Crippen molar-refractivity contribution < 1.29 is 4.79 Å². The third kappa shape index (κ3) is 2.46. The van der Waals surface area contributed by atoms with Gasteiger partial charge in [0.1, 0.15) is 11.0 Å². The summed E-state index contributed by atoms with van der Waals surface area (Å²) in [6.07, 6.45) is 0.919. The minimum Gasteiger partial charge on any atom is -0.338 e. The molecule has 2 N–H and O–H groups in total. The Kier molecular flexibility index (Phi) is 3.31. The van der Waals surface area contributed by atoms with Gasteiger partial charge in [0.2, 0.25) is 0 Å². The molecule has 0 aliphatic rings. The first-order valence-corrected chi connectivity index (χ1v) is 5.80. The van der Waals surface area contributed by atoms with Crippen molar-refractivity contribution in [1.82, 2.24) is 14.1 Å². The molecule has 6 heteroatoms. The van der Waals surface area contributed by atoms with Gasteiger partial charge >= 0.3 is 6.03 Å². The summed E-state index contributed by atoms with van der Waals surface area (Å²) in [5.74, 6) is 0. The van der Waals surface area contributed by atoms with Gasteiger partial charge in [-0.3, -0.25) is 0 Å². The number of nitrogens with one attached hydrogen (secondary N) is 2. The molecular formula is C10H12N4OS. The van der Waals surface area contributed by atoms with Gasteiger partial charge in [-0.05, 0) is 24.6 Å². The largest absolute Gasteiger partial charge is 0.338 e. The number of aromatic nitrogens is 2. The number of urea groups is 1. The number of amides is 2. The van der Waals surface area contributed by atoms with E-state index >= 15 is 0 Å². The highest BCUT2D eigenvalue weighted by molar-refractivity contribution is 7.00. The summed E-state index contributed by atoms with van der Waals surface area (Å²) in [4.78, 5) is 11.4. The molecule has 0 saturated carbocycles. The van der Waals surface area contributed by atoms with Gasteiger partial charge in [-0.1, -0.05) is 6.92 Å². The van der Waals surface area contributed by atoms with E-state index in [4.69, 9.17) is 0 Å². The van der Waals surface area contributed by atoms with Gasteiger partial charge in [-0.25, -0.2) is 4.79 Å². The topological polar surface area (TPSA) is 66.9 Å². The molecule has 0 saturated heterocycles. The average molecular weight is 236 g/mol. The maximum absolute atomic E-state index is 11.4. The summed E-state index contributed by atoms with van der Waals surface area (Å²) in [6, 6.07) is 5.28. The third-order valence-electron chi connectivity index (χ3n) is 2.05. The van der Waals surface area contributed by atoms with Crippen LogP contribution in [0.1, 0.15) is 13.3 Å². The van der Waals surface area contributed by atoms with Gasteiger partial charge in [0.25, 0.3) is 0 Å². The first kappa shape index (κ1) is 10.8. The van der Waals surface area contributed by atoms with E-state index in [1.807, 2.05) is 25.1 Å². The molecule has 1 heterocycles. The van der Waals surface area contributed by atoms with Crippen LogP contribution >= 0.6 is 11.7 Å². The lowest BCUT2D eigenvalue weighted by atomic mass is 10.3. The molecule has 1 aromatic carbocycles. The third-order valence-corrected chi connectivity index (χ3v) is 2.60. The number of carbonyl (C=O) groups is 1. The summed E-state index contributed by atoms with van der Waals surface area (Å²) in [5, 5.41) is 5.48. The maximum atomic E-state index is 11.4. The SMILES string of the molecule is CCCNC(=O)Nc1ccc2nsnc2c1. The van der Waals surface area contributed by atoms with Crippen molar-refractivity contribution in [2.24, 2.45) is 0 Å². The standard InChI is InChI=1S/C10H12N4OS/c1-2-5-11-10(15)12-7-3-4-8-9(6-7)14-16-13-8/h3-4,6H,2,5H2,1H3,(H2,11,12,15). The average Bonchev–Trinajstić information content (AvgIpc) is 2.73. The van der Waals surface area contributed by atoms with E-state index in [0.29, 0.717) is 6.54 Å². The fourth-order valence-electron chi connectivity index (χ4n) is 1.27. The summed E-state index contributed by atoms with van der Waals surface area (Å²) in [5.41, 5.74) is 2.39. The predicted molar refractivity (Wildman–Crippen MR) is 64.7 cm³/mol. The van der Waals surface area contributed by atoms with E-state index in [1.165, 1.54) is 11.7 Å². The molecule has 16 heavy (non-hydrogen) atoms. The number of rotatable bonds is 3. The second-order valence-electron chi connectivity index (χ2n) is 3.35. The van der Waals surface area contributed by atoms with Crippen LogP contribution in [-0.2, 0) is 0 Å². The first-order valence-electron chi connectivity index (χ1n) is 5.07. The van der Waals surface area contributed by atoms with E-state index < -0.39 is 0 Å². The maximum Gasteiger partial charge on any atom is 0.319 e. The van der Waals surface area contributed by atoms with E-state index in [9.17, 15) is 4.79 Å². The molecule has 0 fully saturated rings. The monoisotopic (exact) mass is 236 g/mol. The van der Waals surface area contributed by atoms with Crippen LogP contribution in [0.25, 0.3) is 11.0 Å². The van der Waals surface area contributed by atoms with Crippen molar-refractivity contribution in [1.29, 1.82) is 0 Å². The van der Waals surface area contributed by atoms with Gasteiger partial charge < -0.3 is 10.6 Å². The van der Waals surface area contributed by atoms with Crippen LogP contribution in [0.5, 0.6) is 0 Å². The molecule has 84 valence electrons. The van der Waals surface area contributed by atoms with E-state index in [1.54, 1.807) is 0 Å². The number of carbonyl (C=O) groups excluding carboxylic acids is 1. The molecule has 2 aromatic rings. The van der Waals surface area contributed by atoms with Crippen LogP contribution in [0.3, 0.4) is 0 Å². The Hall–Kier alpha value is -1.69. The normalized spacial score (nSPS) is 10.3. The van der Waals surface area contributed by atoms with Crippen molar-refractivity contribution in [3.8, 4) is 0 Å². The smallest absolute Gasteiger partial charge is 0.319 e. The lowest BCUT2D eigenvalue weighted by Gasteiger charge is -2.05. The Labute approximate surface area is 97.2 Å². The number of anilines is 1. The fraction of sp³-hybridized carbons (Fsp3) is 0.300. The molecule has 5 nitrogen and oxygen atoms in total. The zero-order chi connectivity index (χ0) is 11.4. The van der Waals surface area contributed by atoms with Crippen LogP contribution in [0.15, 0.2) is 18.2 Å². The molecular weight excluding hydrogens is 224 g/mol. The molecule has 0 atom stereocenters. The van der Waals surface area contributed by atoms with E-state index in [0.717, 1.165) is 23.1 Å². The van der Waals surface area contributed by atoms with Gasteiger partial charge in [0.15, 0.2) is 0 Å². The van der Waals surface area contributed by atoms with Gasteiger partial charge in [0, 0.05) is 12.2 Å². The number of hydrogen-bond acceptors (Lipinski definition) is 4. The van der Waals surface area contributed by atoms with Crippen LogP contribution in [0, 0.1) is 0 Å². The van der Waals surface area contributed by atoms with Crippen molar-refractivity contribution in [3.05, 3.63) is 18.2 Å². The first-order chi connectivity index (χ1) is 7.79. The second kappa shape index (κ2) is 4.89. The highest BCUT2D eigenvalue weighted by Gasteiger charge is 2.03. The van der Waals surface area contributed by atoms with Crippen LogP contribution in [-0.4, -0.2) is 21.3 Å². The van der Waals surface area contributed by atoms with Gasteiger partial charge in [-0.15, -0.1) is 0 Å². The predicted octanol–water partition coefficient (Wildman–Crippen LogP) is 2.22. The highest BCUT2D eigenvalue weighted by atomic mass is 32.1. The Bertz CT molecular complexity index is 496. The number of fused-ring (bicyclic) bond motifs is 1. The summed E-state index contributed by atoms with van der Waals surface area (Å²) < 4.78 is 8.20. The Morgan fingerprint density at radius 2 is 2.19 bits per heavy atom. The van der Waals surface area contributed by atoms with Crippen LogP contribution < -0.4 is 10.6 Å². The molecule has 2 amide bonds. The lowest BCUT2D eigenvalue weighted by Crippen LogP contribution is -2.29. The summed E-state index contributed by atoms with van der Waals surface area (Å²) in [6.45, 7) is 2.68. The number of benzene rings is 1. The quantitative estimate of drug-likeness (QED) is 0.858. The fourth-order valence-corrected chi connectivity index (χ4v) is 1.79. The molecule has 0 radical (unpaired) electrons. The molecule has 2 rings (SSSR count).